The zero-order valence-electron chi connectivity index (χ0n) is 11.5. The van der Waals surface area contributed by atoms with Crippen molar-refractivity contribution in [3.63, 3.8) is 0 Å². The van der Waals surface area contributed by atoms with Crippen LogP contribution < -0.4 is 11.1 Å². The summed E-state index contributed by atoms with van der Waals surface area (Å²) in [5.41, 5.74) is 8.33. The number of nitrogens with two attached hydrogens (primary N) is 1. The van der Waals surface area contributed by atoms with Crippen LogP contribution in [0.25, 0.3) is 10.1 Å². The maximum atomic E-state index is 12.2. The van der Waals surface area contributed by atoms with Crippen molar-refractivity contribution >= 4 is 33.0 Å². The predicted octanol–water partition coefficient (Wildman–Crippen LogP) is 3.46. The lowest BCUT2D eigenvalue weighted by atomic mass is 10.1. The minimum atomic E-state index is -0.0112. The SMILES string of the molecule is Nc1ccc(CCNC(=O)c2csc3ccccc23)cc1. The fraction of sp³-hybridized carbons (Fsp3) is 0.118. The first-order chi connectivity index (χ1) is 10.2. The molecule has 3 rings (SSSR count). The molecule has 1 aromatic heterocycles. The summed E-state index contributed by atoms with van der Waals surface area (Å²) in [6.07, 6.45) is 0.800. The van der Waals surface area contributed by atoms with Gasteiger partial charge in [0.15, 0.2) is 0 Å². The van der Waals surface area contributed by atoms with Crippen LogP contribution in [0.2, 0.25) is 0 Å². The van der Waals surface area contributed by atoms with E-state index in [1.165, 1.54) is 5.56 Å². The van der Waals surface area contributed by atoms with E-state index in [-0.39, 0.29) is 5.91 Å². The molecule has 3 nitrogen and oxygen atoms in total. The van der Waals surface area contributed by atoms with Gasteiger partial charge in [0.1, 0.15) is 0 Å². The third kappa shape index (κ3) is 3.06. The number of rotatable bonds is 4. The number of anilines is 1. The van der Waals surface area contributed by atoms with Gasteiger partial charge in [-0.2, -0.15) is 0 Å². The molecule has 21 heavy (non-hydrogen) atoms. The topological polar surface area (TPSA) is 55.1 Å². The molecule has 0 unspecified atom stereocenters. The summed E-state index contributed by atoms with van der Waals surface area (Å²) in [7, 11) is 0. The molecule has 0 fully saturated rings. The van der Waals surface area contributed by atoms with Crippen LogP contribution in [0, 0.1) is 0 Å². The lowest BCUT2D eigenvalue weighted by Gasteiger charge is -2.05. The van der Waals surface area contributed by atoms with Crippen LogP contribution in [0.5, 0.6) is 0 Å². The van der Waals surface area contributed by atoms with Crippen LogP contribution in [0.4, 0.5) is 5.69 Å². The molecule has 0 saturated heterocycles. The molecule has 0 aliphatic heterocycles. The van der Waals surface area contributed by atoms with Gasteiger partial charge in [-0.25, -0.2) is 0 Å². The molecule has 106 valence electrons. The Morgan fingerprint density at radius 1 is 1.10 bits per heavy atom. The highest BCUT2D eigenvalue weighted by Crippen LogP contribution is 2.25. The Balaban J connectivity index is 1.63. The number of fused-ring (bicyclic) bond motifs is 1. The number of hydrogen-bond acceptors (Lipinski definition) is 3. The number of nitrogens with one attached hydrogen (secondary N) is 1. The zero-order chi connectivity index (χ0) is 14.7. The molecule has 0 radical (unpaired) electrons. The first-order valence-corrected chi connectivity index (χ1v) is 7.71. The minimum Gasteiger partial charge on any atom is -0.399 e. The second-order valence-electron chi connectivity index (χ2n) is 4.89. The van der Waals surface area contributed by atoms with Gasteiger partial charge in [-0.1, -0.05) is 30.3 Å². The molecule has 0 aliphatic rings. The fourth-order valence-electron chi connectivity index (χ4n) is 2.25. The Kier molecular flexibility index (Phi) is 3.88. The van der Waals surface area contributed by atoms with Crippen LogP contribution in [-0.2, 0) is 6.42 Å². The van der Waals surface area contributed by atoms with Crippen molar-refractivity contribution < 1.29 is 4.79 Å². The van der Waals surface area contributed by atoms with Crippen LogP contribution in [0.15, 0.2) is 53.9 Å². The number of nitrogen functional groups attached to an aromatic ring is 1. The molecule has 1 heterocycles. The molecule has 0 atom stereocenters. The third-order valence-electron chi connectivity index (χ3n) is 3.40. The Morgan fingerprint density at radius 2 is 1.86 bits per heavy atom. The highest BCUT2D eigenvalue weighted by Gasteiger charge is 2.10. The van der Waals surface area contributed by atoms with Gasteiger partial charge in [-0.05, 0) is 30.2 Å². The number of carbonyl (C=O) groups excluding carboxylic acids is 1. The summed E-state index contributed by atoms with van der Waals surface area (Å²) < 4.78 is 1.14. The molecule has 0 saturated carbocycles. The van der Waals surface area contributed by atoms with Crippen LogP contribution in [0.3, 0.4) is 0 Å². The van der Waals surface area contributed by atoms with Crippen LogP contribution >= 0.6 is 11.3 Å². The molecule has 0 aliphatic carbocycles. The smallest absolute Gasteiger partial charge is 0.252 e. The van der Waals surface area contributed by atoms with Crippen molar-refractivity contribution in [3.8, 4) is 0 Å². The van der Waals surface area contributed by atoms with E-state index >= 15 is 0 Å². The lowest BCUT2D eigenvalue weighted by Crippen LogP contribution is -2.25. The number of thiophene rings is 1. The molecule has 3 aromatic rings. The van der Waals surface area contributed by atoms with E-state index in [9.17, 15) is 4.79 Å². The first kappa shape index (κ1) is 13.6. The van der Waals surface area contributed by atoms with Crippen LogP contribution in [-0.4, -0.2) is 12.5 Å². The van der Waals surface area contributed by atoms with Crippen molar-refractivity contribution in [2.45, 2.75) is 6.42 Å². The summed E-state index contributed by atoms with van der Waals surface area (Å²) in [4.78, 5) is 12.2. The van der Waals surface area contributed by atoms with Crippen LogP contribution in [0.1, 0.15) is 15.9 Å². The summed E-state index contributed by atoms with van der Waals surface area (Å²) in [5, 5.41) is 5.92. The molecular weight excluding hydrogens is 280 g/mol. The summed E-state index contributed by atoms with van der Waals surface area (Å²) in [6, 6.07) is 15.7. The normalized spacial score (nSPS) is 10.7. The maximum Gasteiger partial charge on any atom is 0.252 e. The van der Waals surface area contributed by atoms with Crippen molar-refractivity contribution in [1.82, 2.24) is 5.32 Å². The van der Waals surface area contributed by atoms with E-state index in [4.69, 9.17) is 5.73 Å². The number of benzene rings is 2. The fourth-order valence-corrected chi connectivity index (χ4v) is 3.19. The molecule has 2 aromatic carbocycles. The van der Waals surface area contributed by atoms with E-state index in [0.717, 1.165) is 27.8 Å². The monoisotopic (exact) mass is 296 g/mol. The summed E-state index contributed by atoms with van der Waals surface area (Å²) >= 11 is 1.60. The molecule has 0 spiro atoms. The maximum absolute atomic E-state index is 12.2. The van der Waals surface area contributed by atoms with Gasteiger partial charge in [-0.3, -0.25) is 4.79 Å². The average Bonchev–Trinajstić information content (AvgIpc) is 2.93. The highest BCUT2D eigenvalue weighted by molar-refractivity contribution is 7.17. The minimum absolute atomic E-state index is 0.0112. The van der Waals surface area contributed by atoms with Crippen molar-refractivity contribution in [3.05, 3.63) is 65.0 Å². The van der Waals surface area contributed by atoms with Crippen molar-refractivity contribution in [1.29, 1.82) is 0 Å². The van der Waals surface area contributed by atoms with Crippen molar-refractivity contribution in [2.75, 3.05) is 12.3 Å². The molecular formula is C17H16N2OS. The molecule has 1 amide bonds. The molecule has 3 N–H and O–H groups in total. The molecule has 4 heteroatoms. The Bertz CT molecular complexity index is 762. The van der Waals surface area contributed by atoms with E-state index in [1.807, 2.05) is 53.9 Å². The van der Waals surface area contributed by atoms with Gasteiger partial charge in [-0.15, -0.1) is 11.3 Å². The van der Waals surface area contributed by atoms with Gasteiger partial charge in [0.05, 0.1) is 5.56 Å². The second kappa shape index (κ2) is 5.97. The lowest BCUT2D eigenvalue weighted by molar-refractivity contribution is 0.0956. The van der Waals surface area contributed by atoms with Gasteiger partial charge >= 0.3 is 0 Å². The average molecular weight is 296 g/mol. The Labute approximate surface area is 127 Å². The summed E-state index contributed by atoms with van der Waals surface area (Å²) in [6.45, 7) is 0.618. The Morgan fingerprint density at radius 3 is 2.67 bits per heavy atom. The third-order valence-corrected chi connectivity index (χ3v) is 4.37. The van der Waals surface area contributed by atoms with Crippen molar-refractivity contribution in [2.24, 2.45) is 0 Å². The standard InChI is InChI=1S/C17H16N2OS/c18-13-7-5-12(6-8-13)9-10-19-17(20)15-11-21-16-4-2-1-3-14(15)16/h1-8,11H,9-10,18H2,(H,19,20). The highest BCUT2D eigenvalue weighted by atomic mass is 32.1. The Hall–Kier alpha value is -2.33. The van der Waals surface area contributed by atoms with Gasteiger partial charge < -0.3 is 11.1 Å². The predicted molar refractivity (Wildman–Crippen MR) is 88.7 cm³/mol. The number of hydrogen-bond donors (Lipinski definition) is 2. The first-order valence-electron chi connectivity index (χ1n) is 6.83. The second-order valence-corrected chi connectivity index (χ2v) is 5.80. The number of carbonyl (C=O) groups is 1. The van der Waals surface area contributed by atoms with E-state index in [0.29, 0.717) is 6.54 Å². The van der Waals surface area contributed by atoms with E-state index in [1.54, 1.807) is 11.3 Å². The molecule has 0 bridgehead atoms. The van der Waals surface area contributed by atoms with Gasteiger partial charge in [0, 0.05) is 27.7 Å². The zero-order valence-corrected chi connectivity index (χ0v) is 12.3. The summed E-state index contributed by atoms with van der Waals surface area (Å²) in [5.74, 6) is -0.0112. The van der Waals surface area contributed by atoms with E-state index in [2.05, 4.69) is 5.32 Å². The van der Waals surface area contributed by atoms with Gasteiger partial charge in [0.2, 0.25) is 0 Å². The van der Waals surface area contributed by atoms with Gasteiger partial charge in [0.25, 0.3) is 5.91 Å². The number of amides is 1. The largest absolute Gasteiger partial charge is 0.399 e. The quantitative estimate of drug-likeness (QED) is 0.724. The van der Waals surface area contributed by atoms with E-state index < -0.39 is 0 Å².